The van der Waals surface area contributed by atoms with Crippen molar-refractivity contribution in [3.63, 3.8) is 0 Å². The Kier molecular flexibility index (Phi) is 7.47. The molecule has 0 bridgehead atoms. The third-order valence-corrected chi connectivity index (χ3v) is 6.55. The van der Waals surface area contributed by atoms with Gasteiger partial charge in [0.1, 0.15) is 6.61 Å². The second kappa shape index (κ2) is 10.7. The molecule has 1 heterocycles. The Morgan fingerprint density at radius 2 is 1.76 bits per heavy atom. The molecule has 1 saturated heterocycles. The molecule has 0 saturated carbocycles. The van der Waals surface area contributed by atoms with Crippen LogP contribution in [0.25, 0.3) is 11.1 Å². The van der Waals surface area contributed by atoms with Crippen molar-refractivity contribution >= 4 is 18.0 Å². The minimum atomic E-state index is -0.983. The van der Waals surface area contributed by atoms with E-state index in [2.05, 4.69) is 29.6 Å². The number of carbonyl (C=O) groups excluding carboxylic acids is 2. The van der Waals surface area contributed by atoms with Crippen LogP contribution in [0.3, 0.4) is 0 Å². The van der Waals surface area contributed by atoms with Crippen LogP contribution in [0.4, 0.5) is 4.79 Å². The molecular formula is C26H30N2O6. The van der Waals surface area contributed by atoms with Gasteiger partial charge in [-0.1, -0.05) is 55.5 Å². The molecular weight excluding hydrogens is 436 g/mol. The van der Waals surface area contributed by atoms with E-state index < -0.39 is 24.0 Å². The normalized spacial score (nSPS) is 18.4. The molecule has 2 aromatic carbocycles. The summed E-state index contributed by atoms with van der Waals surface area (Å²) in [7, 11) is 0. The maximum atomic E-state index is 12.8. The smallest absolute Gasteiger partial charge is 0.407 e. The Morgan fingerprint density at radius 1 is 1.12 bits per heavy atom. The number of carboxylic acid groups (broad SMARTS) is 1. The first-order chi connectivity index (χ1) is 16.5. The number of ether oxygens (including phenoxy) is 2. The number of nitrogens with zero attached hydrogens (tertiary/aromatic N) is 1. The number of amides is 2. The molecule has 4 rings (SSSR count). The fourth-order valence-electron chi connectivity index (χ4n) is 4.63. The predicted molar refractivity (Wildman–Crippen MR) is 125 cm³/mol. The lowest BCUT2D eigenvalue weighted by atomic mass is 9.98. The third kappa shape index (κ3) is 5.22. The summed E-state index contributed by atoms with van der Waals surface area (Å²) >= 11 is 0. The minimum absolute atomic E-state index is 0.0371. The van der Waals surface area contributed by atoms with Gasteiger partial charge in [-0.15, -0.1) is 0 Å². The van der Waals surface area contributed by atoms with Gasteiger partial charge in [0.15, 0.2) is 0 Å². The SMILES string of the molecule is CC[C@@H](CC(=O)N1CCOCC(C(=O)O)C1)NC(=O)OCC1c2ccccc2-c2ccccc21. The highest BCUT2D eigenvalue weighted by Gasteiger charge is 2.30. The van der Waals surface area contributed by atoms with E-state index in [1.54, 1.807) is 0 Å². The fraction of sp³-hybridized carbons (Fsp3) is 0.423. The topological polar surface area (TPSA) is 105 Å². The Labute approximate surface area is 198 Å². The lowest BCUT2D eigenvalue weighted by molar-refractivity contribution is -0.144. The molecule has 2 aliphatic rings. The Morgan fingerprint density at radius 3 is 2.38 bits per heavy atom. The number of aliphatic carboxylic acids is 1. The third-order valence-electron chi connectivity index (χ3n) is 6.55. The van der Waals surface area contributed by atoms with Crippen LogP contribution in [0.15, 0.2) is 48.5 Å². The first-order valence-corrected chi connectivity index (χ1v) is 11.7. The number of carbonyl (C=O) groups is 3. The maximum Gasteiger partial charge on any atom is 0.407 e. The second-order valence-electron chi connectivity index (χ2n) is 8.73. The van der Waals surface area contributed by atoms with Gasteiger partial charge in [-0.2, -0.15) is 0 Å². The molecule has 2 atom stereocenters. The number of alkyl carbamates (subject to hydrolysis) is 1. The molecule has 2 amide bonds. The Balaban J connectivity index is 1.33. The summed E-state index contributed by atoms with van der Waals surface area (Å²) in [5.74, 6) is -1.97. The van der Waals surface area contributed by atoms with Crippen LogP contribution in [0.1, 0.15) is 36.8 Å². The second-order valence-corrected chi connectivity index (χ2v) is 8.73. The van der Waals surface area contributed by atoms with E-state index in [4.69, 9.17) is 9.47 Å². The van der Waals surface area contributed by atoms with Gasteiger partial charge in [-0.3, -0.25) is 9.59 Å². The first-order valence-electron chi connectivity index (χ1n) is 11.7. The van der Waals surface area contributed by atoms with Crippen molar-refractivity contribution in [3.8, 4) is 11.1 Å². The summed E-state index contributed by atoms with van der Waals surface area (Å²) in [4.78, 5) is 38.2. The highest BCUT2D eigenvalue weighted by molar-refractivity contribution is 5.80. The number of hydrogen-bond donors (Lipinski definition) is 2. The quantitative estimate of drug-likeness (QED) is 0.649. The van der Waals surface area contributed by atoms with Crippen LogP contribution in [-0.2, 0) is 19.1 Å². The molecule has 1 aliphatic heterocycles. The van der Waals surface area contributed by atoms with E-state index in [1.165, 1.54) is 4.90 Å². The van der Waals surface area contributed by atoms with E-state index >= 15 is 0 Å². The largest absolute Gasteiger partial charge is 0.481 e. The number of benzene rings is 2. The van der Waals surface area contributed by atoms with Gasteiger partial charge in [-0.05, 0) is 28.7 Å². The molecule has 1 unspecified atom stereocenters. The number of rotatable bonds is 7. The zero-order valence-electron chi connectivity index (χ0n) is 19.2. The van der Waals surface area contributed by atoms with Gasteiger partial charge in [-0.25, -0.2) is 4.79 Å². The zero-order chi connectivity index (χ0) is 24.1. The molecule has 8 heteroatoms. The maximum absolute atomic E-state index is 12.8. The summed E-state index contributed by atoms with van der Waals surface area (Å²) in [6, 6.07) is 15.8. The number of fused-ring (bicyclic) bond motifs is 3. The van der Waals surface area contributed by atoms with Crippen LogP contribution in [0.2, 0.25) is 0 Å². The zero-order valence-corrected chi connectivity index (χ0v) is 19.2. The molecule has 2 aromatic rings. The van der Waals surface area contributed by atoms with E-state index in [1.807, 2.05) is 31.2 Å². The van der Waals surface area contributed by atoms with Crippen LogP contribution < -0.4 is 5.32 Å². The first kappa shape index (κ1) is 23.8. The van der Waals surface area contributed by atoms with Crippen LogP contribution in [0, 0.1) is 5.92 Å². The number of hydrogen-bond acceptors (Lipinski definition) is 5. The molecule has 1 fully saturated rings. The molecule has 0 spiro atoms. The average Bonchev–Trinajstić information content (AvgIpc) is 2.98. The van der Waals surface area contributed by atoms with Gasteiger partial charge in [0, 0.05) is 31.5 Å². The predicted octanol–water partition coefficient (Wildman–Crippen LogP) is 3.25. The van der Waals surface area contributed by atoms with Gasteiger partial charge in [0.2, 0.25) is 5.91 Å². The average molecular weight is 467 g/mol. The minimum Gasteiger partial charge on any atom is -0.481 e. The van der Waals surface area contributed by atoms with E-state index in [0.29, 0.717) is 19.6 Å². The van der Waals surface area contributed by atoms with Crippen LogP contribution in [0.5, 0.6) is 0 Å². The lowest BCUT2D eigenvalue weighted by Gasteiger charge is -2.25. The lowest BCUT2D eigenvalue weighted by Crippen LogP contribution is -2.43. The summed E-state index contributed by atoms with van der Waals surface area (Å²) in [6.45, 7) is 2.92. The van der Waals surface area contributed by atoms with Crippen molar-refractivity contribution in [1.29, 1.82) is 0 Å². The van der Waals surface area contributed by atoms with Gasteiger partial charge < -0.3 is 24.8 Å². The molecule has 1 aliphatic carbocycles. The standard InChI is InChI=1S/C26H30N2O6/c1-2-18(13-24(29)28-11-12-33-15-17(14-28)25(30)31)27-26(32)34-16-23-21-9-5-3-7-19(21)20-8-4-6-10-22(20)23/h3-10,17-18,23H,2,11-16H2,1H3,(H,27,32)(H,30,31)/t17?,18-/m0/s1. The summed E-state index contributed by atoms with van der Waals surface area (Å²) in [5.41, 5.74) is 4.58. The highest BCUT2D eigenvalue weighted by Crippen LogP contribution is 2.44. The number of nitrogens with one attached hydrogen (secondary N) is 1. The Bertz CT molecular complexity index is 1010. The number of carboxylic acids is 1. The van der Waals surface area contributed by atoms with Crippen molar-refractivity contribution in [1.82, 2.24) is 10.2 Å². The van der Waals surface area contributed by atoms with Crippen LogP contribution >= 0.6 is 0 Å². The highest BCUT2D eigenvalue weighted by atomic mass is 16.5. The molecule has 8 nitrogen and oxygen atoms in total. The Hall–Kier alpha value is -3.39. The van der Waals surface area contributed by atoms with Crippen molar-refractivity contribution in [2.45, 2.75) is 31.7 Å². The van der Waals surface area contributed by atoms with Crippen molar-refractivity contribution in [2.24, 2.45) is 5.92 Å². The molecule has 34 heavy (non-hydrogen) atoms. The summed E-state index contributed by atoms with van der Waals surface area (Å²) in [6.07, 6.45) is 0.0551. The molecule has 0 radical (unpaired) electrons. The van der Waals surface area contributed by atoms with E-state index in [0.717, 1.165) is 22.3 Å². The fourth-order valence-corrected chi connectivity index (χ4v) is 4.63. The van der Waals surface area contributed by atoms with E-state index in [9.17, 15) is 19.5 Å². The monoisotopic (exact) mass is 466 g/mol. The van der Waals surface area contributed by atoms with Crippen molar-refractivity contribution in [3.05, 3.63) is 59.7 Å². The summed E-state index contributed by atoms with van der Waals surface area (Å²) in [5, 5.41) is 12.1. The molecule has 2 N–H and O–H groups in total. The van der Waals surface area contributed by atoms with E-state index in [-0.39, 0.29) is 38.0 Å². The van der Waals surface area contributed by atoms with Gasteiger partial charge in [0.25, 0.3) is 0 Å². The molecule has 180 valence electrons. The van der Waals surface area contributed by atoms with Gasteiger partial charge in [0.05, 0.1) is 19.1 Å². The summed E-state index contributed by atoms with van der Waals surface area (Å²) < 4.78 is 10.9. The van der Waals surface area contributed by atoms with Crippen LogP contribution in [-0.4, -0.2) is 66.9 Å². The molecule has 0 aromatic heterocycles. The van der Waals surface area contributed by atoms with Crippen molar-refractivity contribution < 1.29 is 29.0 Å². The van der Waals surface area contributed by atoms with Gasteiger partial charge >= 0.3 is 12.1 Å². The van der Waals surface area contributed by atoms with Crippen molar-refractivity contribution in [2.75, 3.05) is 32.9 Å².